The molecule has 0 bridgehead atoms. The van der Waals surface area contributed by atoms with E-state index in [9.17, 15) is 8.42 Å². The smallest absolute Gasteiger partial charge is 0.218 e. The molecule has 5 nitrogen and oxygen atoms in total. The molecule has 0 fully saturated rings. The van der Waals surface area contributed by atoms with Gasteiger partial charge in [-0.25, -0.2) is 12.7 Å². The van der Waals surface area contributed by atoms with Crippen molar-refractivity contribution in [3.05, 3.63) is 35.4 Å². The molecule has 108 valence electrons. The van der Waals surface area contributed by atoms with Crippen molar-refractivity contribution in [3.8, 4) is 0 Å². The second-order valence-corrected chi connectivity index (χ2v) is 6.48. The summed E-state index contributed by atoms with van der Waals surface area (Å²) in [4.78, 5) is 0. The summed E-state index contributed by atoms with van der Waals surface area (Å²) in [7, 11) is -0.160. The van der Waals surface area contributed by atoms with Gasteiger partial charge in [0.25, 0.3) is 0 Å². The molecule has 0 aliphatic carbocycles. The molecule has 6 heteroatoms. The third-order valence-corrected chi connectivity index (χ3v) is 4.65. The van der Waals surface area contributed by atoms with Gasteiger partial charge in [-0.2, -0.15) is 0 Å². The lowest BCUT2D eigenvalue weighted by Gasteiger charge is -2.17. The van der Waals surface area contributed by atoms with Crippen LogP contribution >= 0.6 is 0 Å². The summed E-state index contributed by atoms with van der Waals surface area (Å²) < 4.78 is 30.5. The second kappa shape index (κ2) is 7.59. The summed E-state index contributed by atoms with van der Waals surface area (Å²) in [6, 6.07) is 6.97. The first-order valence-corrected chi connectivity index (χ1v) is 7.72. The lowest BCUT2D eigenvalue weighted by atomic mass is 10.1. The molecule has 0 spiro atoms. The summed E-state index contributed by atoms with van der Waals surface area (Å²) in [6.45, 7) is 0.896. The Balaban J connectivity index is 2.67. The second-order valence-electron chi connectivity index (χ2n) is 4.40. The Morgan fingerprint density at radius 1 is 1.32 bits per heavy atom. The van der Waals surface area contributed by atoms with Crippen LogP contribution in [0, 0.1) is 0 Å². The molecule has 0 unspecified atom stereocenters. The molecule has 19 heavy (non-hydrogen) atoms. The van der Waals surface area contributed by atoms with Crippen molar-refractivity contribution in [3.63, 3.8) is 0 Å². The van der Waals surface area contributed by atoms with Crippen LogP contribution in [0.2, 0.25) is 0 Å². The Bertz CT molecular complexity index is 487. The minimum Gasteiger partial charge on any atom is -0.392 e. The molecular weight excluding hydrogens is 266 g/mol. The van der Waals surface area contributed by atoms with Crippen LogP contribution in [0.4, 0.5) is 0 Å². The van der Waals surface area contributed by atoms with E-state index >= 15 is 0 Å². The number of nitrogens with zero attached hydrogens (tertiary/aromatic N) is 1. The summed E-state index contributed by atoms with van der Waals surface area (Å²) in [5.41, 5.74) is 1.40. The molecule has 0 heterocycles. The minimum absolute atomic E-state index is 0.0513. The quantitative estimate of drug-likeness (QED) is 0.724. The van der Waals surface area contributed by atoms with Crippen molar-refractivity contribution in [1.82, 2.24) is 4.31 Å². The van der Waals surface area contributed by atoms with E-state index in [2.05, 4.69) is 0 Å². The van der Waals surface area contributed by atoms with Crippen LogP contribution in [0.3, 0.4) is 0 Å². The van der Waals surface area contributed by atoms with Gasteiger partial charge in [0.2, 0.25) is 10.0 Å². The number of sulfonamides is 1. The van der Waals surface area contributed by atoms with E-state index < -0.39 is 10.0 Å². The zero-order chi connectivity index (χ0) is 14.3. The first-order valence-electron chi connectivity index (χ1n) is 6.11. The number of aliphatic hydroxyl groups excluding tert-OH is 1. The Kier molecular flexibility index (Phi) is 6.44. The van der Waals surface area contributed by atoms with Gasteiger partial charge in [0, 0.05) is 27.3 Å². The highest BCUT2D eigenvalue weighted by molar-refractivity contribution is 7.88. The number of aliphatic hydroxyl groups is 1. The van der Waals surface area contributed by atoms with Crippen molar-refractivity contribution in [1.29, 1.82) is 0 Å². The summed E-state index contributed by atoms with van der Waals surface area (Å²) in [5.74, 6) is -0.0513. The number of methoxy groups -OCH3 is 1. The van der Waals surface area contributed by atoms with Gasteiger partial charge in [0.1, 0.15) is 0 Å². The molecule has 0 radical (unpaired) electrons. The number of rotatable bonds is 8. The Labute approximate surface area is 114 Å². The number of benzene rings is 1. The largest absolute Gasteiger partial charge is 0.392 e. The maximum absolute atomic E-state index is 12.1. The molecular formula is C13H21NO4S. The zero-order valence-corrected chi connectivity index (χ0v) is 12.2. The van der Waals surface area contributed by atoms with E-state index in [1.54, 1.807) is 38.4 Å². The molecule has 0 saturated heterocycles. The van der Waals surface area contributed by atoms with Crippen molar-refractivity contribution in [2.24, 2.45) is 0 Å². The van der Waals surface area contributed by atoms with Gasteiger partial charge in [-0.05, 0) is 17.5 Å². The molecule has 0 amide bonds. The van der Waals surface area contributed by atoms with E-state index in [0.717, 1.165) is 5.56 Å². The molecule has 1 N–H and O–H groups in total. The maximum Gasteiger partial charge on any atom is 0.218 e. The fraction of sp³-hybridized carbons (Fsp3) is 0.538. The van der Waals surface area contributed by atoms with Crippen LogP contribution in [0.5, 0.6) is 0 Å². The third kappa shape index (κ3) is 5.28. The fourth-order valence-corrected chi connectivity index (χ4v) is 2.94. The summed E-state index contributed by atoms with van der Waals surface area (Å²) in [5, 5.41) is 9.04. The van der Waals surface area contributed by atoms with Crippen LogP contribution in [0.15, 0.2) is 24.3 Å². The van der Waals surface area contributed by atoms with Crippen LogP contribution in [0.1, 0.15) is 17.5 Å². The molecule has 0 saturated carbocycles. The van der Waals surface area contributed by atoms with Crippen molar-refractivity contribution < 1.29 is 18.3 Å². The van der Waals surface area contributed by atoms with Crippen LogP contribution in [0.25, 0.3) is 0 Å². The lowest BCUT2D eigenvalue weighted by molar-refractivity contribution is 0.189. The zero-order valence-electron chi connectivity index (χ0n) is 11.4. The van der Waals surface area contributed by atoms with Gasteiger partial charge < -0.3 is 9.84 Å². The highest BCUT2D eigenvalue weighted by atomic mass is 32.2. The van der Waals surface area contributed by atoms with E-state index in [4.69, 9.17) is 9.84 Å². The van der Waals surface area contributed by atoms with E-state index in [1.165, 1.54) is 4.31 Å². The van der Waals surface area contributed by atoms with E-state index in [1.807, 2.05) is 0 Å². The average molecular weight is 287 g/mol. The first kappa shape index (κ1) is 16.1. The standard InChI is InChI=1S/C13H21NO4S/c1-14(7-4-8-18-2)19(16,17)11-13-6-3-5-12(9-13)10-15/h3,5-6,9,15H,4,7-8,10-11H2,1-2H3. The monoisotopic (exact) mass is 287 g/mol. The van der Waals surface area contributed by atoms with Gasteiger partial charge in [-0.3, -0.25) is 0 Å². The number of hydrogen-bond donors (Lipinski definition) is 1. The van der Waals surface area contributed by atoms with E-state index in [0.29, 0.717) is 25.1 Å². The van der Waals surface area contributed by atoms with Crippen LogP contribution in [-0.2, 0) is 27.1 Å². The van der Waals surface area contributed by atoms with Crippen molar-refractivity contribution >= 4 is 10.0 Å². The SMILES string of the molecule is COCCCN(C)S(=O)(=O)Cc1cccc(CO)c1. The topological polar surface area (TPSA) is 66.8 Å². The van der Waals surface area contributed by atoms with Gasteiger partial charge in [-0.1, -0.05) is 24.3 Å². The predicted molar refractivity (Wildman–Crippen MR) is 74.1 cm³/mol. The minimum atomic E-state index is -3.32. The van der Waals surface area contributed by atoms with Gasteiger partial charge in [0.05, 0.1) is 12.4 Å². The third-order valence-electron chi connectivity index (χ3n) is 2.82. The van der Waals surface area contributed by atoms with Gasteiger partial charge in [0.15, 0.2) is 0 Å². The Morgan fingerprint density at radius 3 is 2.63 bits per heavy atom. The van der Waals surface area contributed by atoms with Crippen LogP contribution in [-0.4, -0.2) is 45.1 Å². The molecule has 0 atom stereocenters. The average Bonchev–Trinajstić information content (AvgIpc) is 2.38. The Hall–Kier alpha value is -0.950. The highest BCUT2D eigenvalue weighted by Crippen LogP contribution is 2.12. The molecule has 0 aliphatic rings. The molecule has 1 rings (SSSR count). The maximum atomic E-state index is 12.1. The summed E-state index contributed by atoms with van der Waals surface area (Å²) in [6.07, 6.45) is 0.670. The van der Waals surface area contributed by atoms with Crippen LogP contribution < -0.4 is 0 Å². The van der Waals surface area contributed by atoms with Gasteiger partial charge in [-0.15, -0.1) is 0 Å². The molecule has 0 aliphatic heterocycles. The van der Waals surface area contributed by atoms with Gasteiger partial charge >= 0.3 is 0 Å². The molecule has 1 aromatic carbocycles. The lowest BCUT2D eigenvalue weighted by Crippen LogP contribution is -2.29. The number of hydrogen-bond acceptors (Lipinski definition) is 4. The van der Waals surface area contributed by atoms with Crippen molar-refractivity contribution in [2.45, 2.75) is 18.8 Å². The number of ether oxygens (including phenoxy) is 1. The normalized spacial score (nSPS) is 12.0. The Morgan fingerprint density at radius 2 is 2.00 bits per heavy atom. The first-order chi connectivity index (χ1) is 8.99. The molecule has 1 aromatic rings. The molecule has 0 aromatic heterocycles. The highest BCUT2D eigenvalue weighted by Gasteiger charge is 2.18. The van der Waals surface area contributed by atoms with Crippen molar-refractivity contribution in [2.75, 3.05) is 27.3 Å². The fourth-order valence-electron chi connectivity index (χ4n) is 1.71. The van der Waals surface area contributed by atoms with E-state index in [-0.39, 0.29) is 12.4 Å². The predicted octanol–water partition coefficient (Wildman–Crippen LogP) is 0.977. The summed E-state index contributed by atoms with van der Waals surface area (Å²) >= 11 is 0.